The van der Waals surface area contributed by atoms with Crippen LogP contribution in [0.4, 0.5) is 5.82 Å². The van der Waals surface area contributed by atoms with Gasteiger partial charge in [-0.1, -0.05) is 6.07 Å². The molecule has 0 aliphatic heterocycles. The molecule has 0 amide bonds. The molecule has 1 aromatic heterocycles. The molecule has 118 valence electrons. The average Bonchev–Trinajstić information content (AvgIpc) is 2.42. The van der Waals surface area contributed by atoms with E-state index in [1.54, 1.807) is 6.20 Å². The molecule has 0 aromatic carbocycles. The minimum atomic E-state index is 0. The summed E-state index contributed by atoms with van der Waals surface area (Å²) in [6, 6.07) is 6.80. The van der Waals surface area contributed by atoms with Gasteiger partial charge in [-0.3, -0.25) is 0 Å². The van der Waals surface area contributed by atoms with E-state index < -0.39 is 0 Å². The van der Waals surface area contributed by atoms with E-state index >= 15 is 0 Å². The Morgan fingerprint density at radius 2 is 2.00 bits per heavy atom. The maximum atomic E-state index is 4.38. The Hall–Kier alpha value is -1.42. The summed E-state index contributed by atoms with van der Waals surface area (Å²) >= 11 is 0. The summed E-state index contributed by atoms with van der Waals surface area (Å²) in [7, 11) is 8.09. The van der Waals surface area contributed by atoms with Gasteiger partial charge in [-0.05, 0) is 40.1 Å². The van der Waals surface area contributed by atoms with Gasteiger partial charge in [0.2, 0.25) is 0 Å². The molecule has 1 rings (SSSR count). The molecule has 0 spiro atoms. The number of hydrogen-bond donors (Lipinski definition) is 0. The van der Waals surface area contributed by atoms with Crippen LogP contribution in [0.2, 0.25) is 0 Å². The zero-order chi connectivity index (χ0) is 15.0. The highest BCUT2D eigenvalue weighted by Gasteiger charge is 2.11. The van der Waals surface area contributed by atoms with E-state index in [0.29, 0.717) is 0 Å². The Morgan fingerprint density at radius 1 is 1.29 bits per heavy atom. The maximum absolute atomic E-state index is 4.38. The van der Waals surface area contributed by atoms with Gasteiger partial charge in [-0.15, -0.1) is 12.4 Å². The van der Waals surface area contributed by atoms with E-state index in [1.165, 1.54) is 0 Å². The van der Waals surface area contributed by atoms with Crippen LogP contribution in [-0.2, 0) is 0 Å². The van der Waals surface area contributed by atoms with E-state index in [4.69, 9.17) is 0 Å². The van der Waals surface area contributed by atoms with Gasteiger partial charge in [0.15, 0.2) is 0 Å². The summed E-state index contributed by atoms with van der Waals surface area (Å²) in [5.74, 6) is 0.943. The van der Waals surface area contributed by atoms with Crippen molar-refractivity contribution in [1.82, 2.24) is 9.88 Å². The number of aliphatic imine (C=N–C) groups is 2. The highest BCUT2D eigenvalue weighted by molar-refractivity contribution is 5.85. The Balaban J connectivity index is 0.00000400. The lowest BCUT2D eigenvalue weighted by molar-refractivity contribution is 0.403. The number of pyridine rings is 1. The predicted molar refractivity (Wildman–Crippen MR) is 92.1 cm³/mol. The lowest BCUT2D eigenvalue weighted by Gasteiger charge is -2.17. The number of nitrogens with zero attached hydrogens (tertiary/aromatic N) is 5. The Morgan fingerprint density at radius 3 is 2.62 bits per heavy atom. The molecule has 0 bridgehead atoms. The van der Waals surface area contributed by atoms with Gasteiger partial charge in [0.05, 0.1) is 18.6 Å². The van der Waals surface area contributed by atoms with Gasteiger partial charge in [-0.2, -0.15) is 0 Å². The van der Waals surface area contributed by atoms with Crippen LogP contribution >= 0.6 is 12.4 Å². The molecule has 6 heteroatoms. The fourth-order valence-electron chi connectivity index (χ4n) is 1.82. The first kappa shape index (κ1) is 19.6. The molecular weight excluding hydrogens is 286 g/mol. The number of aromatic nitrogens is 1. The Labute approximate surface area is 134 Å². The average molecular weight is 312 g/mol. The second-order valence-electron chi connectivity index (χ2n) is 5.25. The topological polar surface area (TPSA) is 44.1 Å². The molecule has 0 saturated heterocycles. The first-order valence-electron chi connectivity index (χ1n) is 6.90. The summed E-state index contributed by atoms with van der Waals surface area (Å²) in [5, 5.41) is 0. The number of rotatable bonds is 7. The van der Waals surface area contributed by atoms with Crippen LogP contribution in [0.1, 0.15) is 24.9 Å². The minimum Gasteiger partial charge on any atom is -0.362 e. The standard InChI is InChI=1S/C15H25N5.ClH/c1-13(18-12-16-9-7-11-19(2)3)14-8-6-10-17-15(14)20(4)5;/h6,8,10,13H,7,9,11H2,1-5H3;1H. The predicted octanol–water partition coefficient (Wildman–Crippen LogP) is 2.76. The molecule has 1 heterocycles. The minimum absolute atomic E-state index is 0. The molecule has 1 unspecified atom stereocenters. The van der Waals surface area contributed by atoms with E-state index in [0.717, 1.165) is 30.9 Å². The van der Waals surface area contributed by atoms with Crippen LogP contribution < -0.4 is 4.90 Å². The summed E-state index contributed by atoms with van der Waals surface area (Å²) in [4.78, 5) is 17.1. The highest BCUT2D eigenvalue weighted by Crippen LogP contribution is 2.24. The van der Waals surface area contributed by atoms with Crippen LogP contribution in [0.15, 0.2) is 28.3 Å². The third kappa shape index (κ3) is 7.23. The number of anilines is 1. The quantitative estimate of drug-likeness (QED) is 0.574. The van der Waals surface area contributed by atoms with Crippen molar-refractivity contribution < 1.29 is 0 Å². The van der Waals surface area contributed by atoms with Crippen molar-refractivity contribution in [3.05, 3.63) is 23.9 Å². The Bertz CT molecular complexity index is 467. The van der Waals surface area contributed by atoms with Gasteiger partial charge >= 0.3 is 0 Å². The van der Waals surface area contributed by atoms with Crippen molar-refractivity contribution in [2.45, 2.75) is 19.4 Å². The van der Waals surface area contributed by atoms with Crippen LogP contribution in [0, 0.1) is 0 Å². The lowest BCUT2D eigenvalue weighted by atomic mass is 10.1. The molecule has 0 aliphatic carbocycles. The Kier molecular flexibility index (Phi) is 9.63. The van der Waals surface area contributed by atoms with Gasteiger partial charge in [0, 0.05) is 25.9 Å². The third-order valence-electron chi connectivity index (χ3n) is 2.89. The molecule has 0 N–H and O–H groups in total. The summed E-state index contributed by atoms with van der Waals surface area (Å²) in [6.07, 6.45) is 2.82. The van der Waals surface area contributed by atoms with Gasteiger partial charge in [0.1, 0.15) is 5.82 Å². The van der Waals surface area contributed by atoms with Crippen molar-refractivity contribution in [2.75, 3.05) is 46.2 Å². The first-order chi connectivity index (χ1) is 9.52. The fraction of sp³-hybridized carbons (Fsp3) is 0.600. The van der Waals surface area contributed by atoms with E-state index in [-0.39, 0.29) is 18.4 Å². The summed E-state index contributed by atoms with van der Waals surface area (Å²) in [5.41, 5.74) is 1.09. The molecule has 1 aromatic rings. The van der Waals surface area contributed by atoms with Crippen LogP contribution in [0.3, 0.4) is 0 Å². The molecule has 0 saturated carbocycles. The van der Waals surface area contributed by atoms with E-state index in [2.05, 4.69) is 40.0 Å². The highest BCUT2D eigenvalue weighted by atomic mass is 35.5. The van der Waals surface area contributed by atoms with Crippen molar-refractivity contribution in [1.29, 1.82) is 0 Å². The SMILES string of the molecule is CC(N=C=NCCCN(C)C)c1cccnc1N(C)C.Cl. The van der Waals surface area contributed by atoms with Crippen molar-refractivity contribution in [2.24, 2.45) is 9.98 Å². The maximum Gasteiger partial charge on any atom is 0.133 e. The third-order valence-corrected chi connectivity index (χ3v) is 2.89. The monoisotopic (exact) mass is 311 g/mol. The summed E-state index contributed by atoms with van der Waals surface area (Å²) < 4.78 is 0. The smallest absolute Gasteiger partial charge is 0.133 e. The van der Waals surface area contributed by atoms with Crippen molar-refractivity contribution >= 4 is 24.2 Å². The molecule has 1 atom stereocenters. The van der Waals surface area contributed by atoms with E-state index in [9.17, 15) is 0 Å². The zero-order valence-corrected chi connectivity index (χ0v) is 14.4. The number of hydrogen-bond acceptors (Lipinski definition) is 5. The second kappa shape index (κ2) is 10.3. The van der Waals surface area contributed by atoms with E-state index in [1.807, 2.05) is 38.1 Å². The lowest BCUT2D eigenvalue weighted by Crippen LogP contribution is -2.13. The van der Waals surface area contributed by atoms with Crippen LogP contribution in [0.25, 0.3) is 0 Å². The molecule has 0 radical (unpaired) electrons. The van der Waals surface area contributed by atoms with Gasteiger partial charge in [0.25, 0.3) is 0 Å². The van der Waals surface area contributed by atoms with Crippen molar-refractivity contribution in [3.8, 4) is 0 Å². The normalized spacial score (nSPS) is 11.3. The summed E-state index contributed by atoms with van der Waals surface area (Å²) in [6.45, 7) is 3.84. The second-order valence-corrected chi connectivity index (χ2v) is 5.25. The molecule has 0 fully saturated rings. The fourth-order valence-corrected chi connectivity index (χ4v) is 1.82. The van der Waals surface area contributed by atoms with Crippen LogP contribution in [-0.4, -0.2) is 57.2 Å². The molecule has 21 heavy (non-hydrogen) atoms. The molecule has 0 aliphatic rings. The van der Waals surface area contributed by atoms with Crippen molar-refractivity contribution in [3.63, 3.8) is 0 Å². The van der Waals surface area contributed by atoms with Crippen LogP contribution in [0.5, 0.6) is 0 Å². The number of halogens is 1. The molecule has 5 nitrogen and oxygen atoms in total. The largest absolute Gasteiger partial charge is 0.362 e. The zero-order valence-electron chi connectivity index (χ0n) is 13.6. The van der Waals surface area contributed by atoms with Gasteiger partial charge in [-0.25, -0.2) is 15.0 Å². The first-order valence-corrected chi connectivity index (χ1v) is 6.90. The van der Waals surface area contributed by atoms with Gasteiger partial charge < -0.3 is 9.80 Å². The molecular formula is C15H26ClN5.